The maximum absolute atomic E-state index is 11.6. The van der Waals surface area contributed by atoms with Gasteiger partial charge in [0.1, 0.15) is 12.2 Å². The standard InChI is InChI=1S/C12H19NO3/c1-3-7(2)12(15)16-10-6-8-4-5-9(13-8)11(10)14/h3,8-11,13-14H,4-6H2,1-2H3/b7-3+/t8-,9+,10-,11-/m1/s1. The molecule has 2 aliphatic rings. The van der Waals surface area contributed by atoms with Crippen LogP contribution in [0.3, 0.4) is 0 Å². The number of carbonyl (C=O) groups excluding carboxylic acids is 1. The highest BCUT2D eigenvalue weighted by Gasteiger charge is 2.42. The normalized spacial score (nSPS) is 38.6. The lowest BCUT2D eigenvalue weighted by Gasteiger charge is -2.33. The van der Waals surface area contributed by atoms with Crippen LogP contribution >= 0.6 is 0 Å². The van der Waals surface area contributed by atoms with Crippen molar-refractivity contribution in [3.63, 3.8) is 0 Å². The fourth-order valence-corrected chi connectivity index (χ4v) is 2.45. The van der Waals surface area contributed by atoms with Crippen molar-refractivity contribution in [2.75, 3.05) is 0 Å². The number of aliphatic hydroxyl groups excluding tert-OH is 1. The van der Waals surface area contributed by atoms with E-state index in [9.17, 15) is 9.90 Å². The second-order valence-electron chi connectivity index (χ2n) is 4.69. The van der Waals surface area contributed by atoms with Crippen LogP contribution in [0.15, 0.2) is 11.6 Å². The molecule has 16 heavy (non-hydrogen) atoms. The van der Waals surface area contributed by atoms with Gasteiger partial charge in [-0.2, -0.15) is 0 Å². The number of hydrogen-bond acceptors (Lipinski definition) is 4. The molecule has 0 aromatic heterocycles. The van der Waals surface area contributed by atoms with Gasteiger partial charge in [-0.3, -0.25) is 0 Å². The maximum Gasteiger partial charge on any atom is 0.333 e. The van der Waals surface area contributed by atoms with Crippen LogP contribution in [-0.2, 0) is 9.53 Å². The molecule has 0 aliphatic carbocycles. The minimum absolute atomic E-state index is 0.0995. The summed E-state index contributed by atoms with van der Waals surface area (Å²) in [5.74, 6) is -0.312. The van der Waals surface area contributed by atoms with Crippen molar-refractivity contribution < 1.29 is 14.6 Å². The zero-order valence-electron chi connectivity index (χ0n) is 9.77. The summed E-state index contributed by atoms with van der Waals surface area (Å²) in [6.07, 6.45) is 3.58. The van der Waals surface area contributed by atoms with Crippen molar-refractivity contribution in [3.05, 3.63) is 11.6 Å². The van der Waals surface area contributed by atoms with Gasteiger partial charge < -0.3 is 15.2 Å². The fourth-order valence-electron chi connectivity index (χ4n) is 2.45. The molecule has 0 unspecified atom stereocenters. The van der Waals surface area contributed by atoms with E-state index < -0.39 is 6.10 Å². The SMILES string of the molecule is C/C=C(\C)C(=O)O[C@@H]1C[C@H]2CC[C@H](N2)[C@H]1O. The zero-order valence-corrected chi connectivity index (χ0v) is 9.77. The Morgan fingerprint density at radius 2 is 2.25 bits per heavy atom. The zero-order chi connectivity index (χ0) is 11.7. The lowest BCUT2D eigenvalue weighted by Crippen LogP contribution is -2.53. The summed E-state index contributed by atoms with van der Waals surface area (Å²) in [4.78, 5) is 11.6. The van der Waals surface area contributed by atoms with Crippen LogP contribution in [0.4, 0.5) is 0 Å². The van der Waals surface area contributed by atoms with Crippen molar-refractivity contribution in [1.82, 2.24) is 5.32 Å². The number of allylic oxidation sites excluding steroid dienone is 1. The Labute approximate surface area is 95.7 Å². The molecule has 2 heterocycles. The van der Waals surface area contributed by atoms with E-state index in [1.165, 1.54) is 0 Å². The number of aliphatic hydroxyl groups is 1. The van der Waals surface area contributed by atoms with Crippen molar-refractivity contribution >= 4 is 5.97 Å². The molecule has 4 atom stereocenters. The smallest absolute Gasteiger partial charge is 0.333 e. The summed E-state index contributed by atoms with van der Waals surface area (Å²) in [7, 11) is 0. The van der Waals surface area contributed by atoms with Gasteiger partial charge in [-0.05, 0) is 26.7 Å². The minimum Gasteiger partial charge on any atom is -0.456 e. The number of esters is 1. The predicted molar refractivity (Wildman–Crippen MR) is 59.9 cm³/mol. The largest absolute Gasteiger partial charge is 0.456 e. The summed E-state index contributed by atoms with van der Waals surface area (Å²) in [5, 5.41) is 13.3. The Balaban J connectivity index is 1.97. The highest BCUT2D eigenvalue weighted by Crippen LogP contribution is 2.29. The summed E-state index contributed by atoms with van der Waals surface area (Å²) in [6, 6.07) is 0.500. The number of rotatable bonds is 2. The van der Waals surface area contributed by atoms with E-state index in [1.807, 2.05) is 0 Å². The molecule has 2 bridgehead atoms. The van der Waals surface area contributed by atoms with Crippen molar-refractivity contribution in [3.8, 4) is 0 Å². The van der Waals surface area contributed by atoms with Crippen molar-refractivity contribution in [2.24, 2.45) is 0 Å². The van der Waals surface area contributed by atoms with Gasteiger partial charge in [0.15, 0.2) is 0 Å². The number of carbonyl (C=O) groups is 1. The van der Waals surface area contributed by atoms with Gasteiger partial charge in [0.25, 0.3) is 0 Å². The Kier molecular flexibility index (Phi) is 3.30. The summed E-state index contributed by atoms with van der Waals surface area (Å²) >= 11 is 0. The van der Waals surface area contributed by atoms with Gasteiger partial charge >= 0.3 is 5.97 Å². The lowest BCUT2D eigenvalue weighted by molar-refractivity contribution is -0.153. The molecule has 0 spiro atoms. The summed E-state index contributed by atoms with van der Waals surface area (Å²) < 4.78 is 5.34. The van der Waals surface area contributed by atoms with Gasteiger partial charge in [-0.25, -0.2) is 4.79 Å². The van der Waals surface area contributed by atoms with Crippen LogP contribution in [0.2, 0.25) is 0 Å². The number of piperidine rings is 1. The van der Waals surface area contributed by atoms with Crippen LogP contribution in [0, 0.1) is 0 Å². The second kappa shape index (κ2) is 4.55. The molecule has 4 heteroatoms. The summed E-state index contributed by atoms with van der Waals surface area (Å²) in [6.45, 7) is 3.53. The summed E-state index contributed by atoms with van der Waals surface area (Å²) in [5.41, 5.74) is 0.595. The molecular weight excluding hydrogens is 206 g/mol. The molecule has 4 nitrogen and oxygen atoms in total. The molecule has 0 aromatic rings. The third kappa shape index (κ3) is 2.13. The first-order chi connectivity index (χ1) is 7.61. The molecule has 2 rings (SSSR count). The fraction of sp³-hybridized carbons (Fsp3) is 0.750. The quantitative estimate of drug-likeness (QED) is 0.538. The second-order valence-corrected chi connectivity index (χ2v) is 4.69. The average molecular weight is 225 g/mol. The number of ether oxygens (including phenoxy) is 1. The average Bonchev–Trinajstić information content (AvgIpc) is 2.68. The van der Waals surface area contributed by atoms with Crippen LogP contribution in [-0.4, -0.2) is 35.4 Å². The topological polar surface area (TPSA) is 58.6 Å². The number of nitrogens with one attached hydrogen (secondary N) is 1. The molecule has 0 saturated carbocycles. The Morgan fingerprint density at radius 3 is 2.94 bits per heavy atom. The molecule has 0 amide bonds. The Bertz CT molecular complexity index is 313. The Hall–Kier alpha value is -0.870. The predicted octanol–water partition coefficient (Wildman–Crippen LogP) is 0.750. The van der Waals surface area contributed by atoms with Gasteiger partial charge in [-0.15, -0.1) is 0 Å². The maximum atomic E-state index is 11.6. The number of fused-ring (bicyclic) bond motifs is 2. The Morgan fingerprint density at radius 1 is 1.50 bits per heavy atom. The minimum atomic E-state index is -0.563. The molecule has 2 fully saturated rings. The van der Waals surface area contributed by atoms with Crippen molar-refractivity contribution in [2.45, 2.75) is 57.4 Å². The molecular formula is C12H19NO3. The van der Waals surface area contributed by atoms with E-state index in [2.05, 4.69) is 5.32 Å². The third-order valence-corrected chi connectivity index (χ3v) is 3.60. The monoisotopic (exact) mass is 225 g/mol. The molecule has 0 radical (unpaired) electrons. The van der Waals surface area contributed by atoms with Gasteiger partial charge in [0.2, 0.25) is 0 Å². The first-order valence-corrected chi connectivity index (χ1v) is 5.90. The lowest BCUT2D eigenvalue weighted by atomic mass is 9.99. The molecule has 2 saturated heterocycles. The molecule has 90 valence electrons. The first-order valence-electron chi connectivity index (χ1n) is 5.90. The van der Waals surface area contributed by atoms with E-state index >= 15 is 0 Å². The van der Waals surface area contributed by atoms with Gasteiger partial charge in [0.05, 0.1) is 0 Å². The molecule has 2 N–H and O–H groups in total. The number of hydrogen-bond donors (Lipinski definition) is 2. The van der Waals surface area contributed by atoms with Crippen LogP contribution in [0.25, 0.3) is 0 Å². The third-order valence-electron chi connectivity index (χ3n) is 3.60. The van der Waals surface area contributed by atoms with Crippen molar-refractivity contribution in [1.29, 1.82) is 0 Å². The highest BCUT2D eigenvalue weighted by molar-refractivity contribution is 5.87. The van der Waals surface area contributed by atoms with Gasteiger partial charge in [0, 0.05) is 24.1 Å². The van der Waals surface area contributed by atoms with E-state index in [-0.39, 0.29) is 18.1 Å². The van der Waals surface area contributed by atoms with Crippen LogP contribution in [0.1, 0.15) is 33.1 Å². The van der Waals surface area contributed by atoms with Crippen LogP contribution in [0.5, 0.6) is 0 Å². The van der Waals surface area contributed by atoms with Gasteiger partial charge in [-0.1, -0.05) is 6.08 Å². The highest BCUT2D eigenvalue weighted by atomic mass is 16.6. The molecule has 0 aromatic carbocycles. The first kappa shape index (κ1) is 11.6. The van der Waals surface area contributed by atoms with E-state index in [4.69, 9.17) is 4.74 Å². The van der Waals surface area contributed by atoms with E-state index in [0.717, 1.165) is 19.3 Å². The van der Waals surface area contributed by atoms with E-state index in [1.54, 1.807) is 19.9 Å². The molecule has 2 aliphatic heterocycles. The van der Waals surface area contributed by atoms with Crippen LogP contribution < -0.4 is 5.32 Å². The van der Waals surface area contributed by atoms with E-state index in [0.29, 0.717) is 11.6 Å².